The molecule has 0 fully saturated rings. The Morgan fingerprint density at radius 2 is 1.53 bits per heavy atom. The summed E-state index contributed by atoms with van der Waals surface area (Å²) in [6, 6.07) is 14.6. The molecular formula is C21H17N5O4. The van der Waals surface area contributed by atoms with E-state index < -0.39 is 11.8 Å². The molecule has 9 nitrogen and oxygen atoms in total. The van der Waals surface area contributed by atoms with Crippen LogP contribution in [0.1, 0.15) is 36.9 Å². The Kier molecular flexibility index (Phi) is 4.77. The maximum Gasteiger partial charge on any atom is 0.272 e. The summed E-state index contributed by atoms with van der Waals surface area (Å²) < 4.78 is 0. The van der Waals surface area contributed by atoms with E-state index in [1.807, 2.05) is 0 Å². The minimum atomic E-state index is -0.664. The molecule has 2 heterocycles. The Balaban J connectivity index is 1.48. The van der Waals surface area contributed by atoms with E-state index in [1.165, 1.54) is 12.1 Å². The number of primary amides is 1. The van der Waals surface area contributed by atoms with Crippen LogP contribution in [0.5, 0.6) is 0 Å². The van der Waals surface area contributed by atoms with Crippen LogP contribution in [0.15, 0.2) is 54.6 Å². The highest BCUT2D eigenvalue weighted by molar-refractivity contribution is 6.10. The molecule has 150 valence electrons. The topological polar surface area (TPSA) is 146 Å². The maximum atomic E-state index is 12.7. The second kappa shape index (κ2) is 7.55. The van der Waals surface area contributed by atoms with Gasteiger partial charge in [0.2, 0.25) is 5.91 Å². The van der Waals surface area contributed by atoms with Gasteiger partial charge < -0.3 is 26.7 Å². The third kappa shape index (κ3) is 3.76. The Bertz CT molecular complexity index is 1200. The number of anilines is 3. The highest BCUT2D eigenvalue weighted by Gasteiger charge is 2.23. The predicted molar refractivity (Wildman–Crippen MR) is 110 cm³/mol. The molecule has 4 amide bonds. The second-order valence-corrected chi connectivity index (χ2v) is 6.70. The Morgan fingerprint density at radius 1 is 0.867 bits per heavy atom. The van der Waals surface area contributed by atoms with Crippen LogP contribution in [0.4, 0.5) is 17.1 Å². The van der Waals surface area contributed by atoms with Crippen LogP contribution in [0.2, 0.25) is 0 Å². The van der Waals surface area contributed by atoms with Crippen LogP contribution in [0, 0.1) is 0 Å². The van der Waals surface area contributed by atoms with Crippen molar-refractivity contribution in [1.82, 2.24) is 4.98 Å². The van der Waals surface area contributed by atoms with E-state index in [1.54, 1.807) is 42.5 Å². The van der Waals surface area contributed by atoms with E-state index in [4.69, 9.17) is 5.73 Å². The smallest absolute Gasteiger partial charge is 0.272 e. The van der Waals surface area contributed by atoms with Crippen molar-refractivity contribution in [3.8, 4) is 0 Å². The Labute approximate surface area is 170 Å². The lowest BCUT2D eigenvalue weighted by Gasteiger charge is -2.10. The average molecular weight is 403 g/mol. The van der Waals surface area contributed by atoms with Crippen molar-refractivity contribution in [2.45, 2.75) is 6.42 Å². The SMILES string of the molecule is NC(=O)c1ccc(C(=O)Nc2cccc(NC(=O)c3cccc4c3CC(=O)N4)c2)[nH]1. The number of benzene rings is 2. The molecule has 0 saturated heterocycles. The number of carbonyl (C=O) groups is 4. The zero-order valence-electron chi connectivity index (χ0n) is 15.6. The summed E-state index contributed by atoms with van der Waals surface area (Å²) >= 11 is 0. The number of aromatic nitrogens is 1. The van der Waals surface area contributed by atoms with Gasteiger partial charge in [-0.1, -0.05) is 12.1 Å². The molecule has 4 rings (SSSR count). The van der Waals surface area contributed by atoms with Crippen LogP contribution in [0.25, 0.3) is 0 Å². The fraction of sp³-hybridized carbons (Fsp3) is 0.0476. The van der Waals surface area contributed by atoms with Crippen molar-refractivity contribution in [3.63, 3.8) is 0 Å². The fourth-order valence-electron chi connectivity index (χ4n) is 3.20. The molecule has 0 atom stereocenters. The molecule has 0 radical (unpaired) electrons. The number of fused-ring (bicyclic) bond motifs is 1. The highest BCUT2D eigenvalue weighted by Crippen LogP contribution is 2.27. The first-order valence-electron chi connectivity index (χ1n) is 9.04. The summed E-state index contributed by atoms with van der Waals surface area (Å²) in [7, 11) is 0. The first-order valence-corrected chi connectivity index (χ1v) is 9.04. The summed E-state index contributed by atoms with van der Waals surface area (Å²) in [6.45, 7) is 0. The van der Waals surface area contributed by atoms with Crippen LogP contribution < -0.4 is 21.7 Å². The lowest BCUT2D eigenvalue weighted by molar-refractivity contribution is -0.115. The number of carbonyl (C=O) groups excluding carboxylic acids is 4. The van der Waals surface area contributed by atoms with Crippen molar-refractivity contribution >= 4 is 40.7 Å². The number of nitrogens with two attached hydrogens (primary N) is 1. The molecule has 1 aliphatic rings. The zero-order chi connectivity index (χ0) is 21.3. The third-order valence-corrected chi connectivity index (χ3v) is 4.61. The lowest BCUT2D eigenvalue weighted by Crippen LogP contribution is -2.16. The minimum Gasteiger partial charge on any atom is -0.364 e. The number of nitrogens with one attached hydrogen (secondary N) is 4. The number of H-pyrrole nitrogens is 1. The minimum absolute atomic E-state index is 0.129. The van der Waals surface area contributed by atoms with Crippen LogP contribution in [-0.2, 0) is 11.2 Å². The van der Waals surface area contributed by atoms with Crippen molar-refractivity contribution in [1.29, 1.82) is 0 Å². The van der Waals surface area contributed by atoms with Gasteiger partial charge in [-0.3, -0.25) is 19.2 Å². The van der Waals surface area contributed by atoms with Crippen molar-refractivity contribution in [2.24, 2.45) is 5.73 Å². The van der Waals surface area contributed by atoms with E-state index in [9.17, 15) is 19.2 Å². The van der Waals surface area contributed by atoms with Crippen LogP contribution in [0.3, 0.4) is 0 Å². The first-order chi connectivity index (χ1) is 14.4. The van der Waals surface area contributed by atoms with Gasteiger partial charge in [-0.05, 0) is 48.0 Å². The maximum absolute atomic E-state index is 12.7. The van der Waals surface area contributed by atoms with Gasteiger partial charge in [-0.25, -0.2) is 0 Å². The third-order valence-electron chi connectivity index (χ3n) is 4.61. The summed E-state index contributed by atoms with van der Waals surface area (Å²) in [4.78, 5) is 50.5. The van der Waals surface area contributed by atoms with Crippen LogP contribution >= 0.6 is 0 Å². The van der Waals surface area contributed by atoms with E-state index >= 15 is 0 Å². The van der Waals surface area contributed by atoms with Gasteiger partial charge >= 0.3 is 0 Å². The normalized spacial score (nSPS) is 12.1. The number of rotatable bonds is 5. The zero-order valence-corrected chi connectivity index (χ0v) is 15.6. The van der Waals surface area contributed by atoms with Crippen molar-refractivity contribution in [3.05, 3.63) is 77.1 Å². The summed E-state index contributed by atoms with van der Waals surface area (Å²) in [5.74, 6) is -1.64. The quantitative estimate of drug-likeness (QED) is 0.444. The van der Waals surface area contributed by atoms with Gasteiger partial charge in [-0.2, -0.15) is 0 Å². The Hall–Kier alpha value is -4.40. The Morgan fingerprint density at radius 3 is 2.23 bits per heavy atom. The van der Waals surface area contributed by atoms with Crippen molar-refractivity contribution < 1.29 is 19.2 Å². The molecular weight excluding hydrogens is 386 g/mol. The van der Waals surface area contributed by atoms with E-state index in [2.05, 4.69) is 20.9 Å². The van der Waals surface area contributed by atoms with Gasteiger partial charge in [0.1, 0.15) is 11.4 Å². The first kappa shape index (κ1) is 18.9. The summed E-state index contributed by atoms with van der Waals surface area (Å²) in [5, 5.41) is 8.17. The van der Waals surface area contributed by atoms with Gasteiger partial charge in [0.15, 0.2) is 0 Å². The highest BCUT2D eigenvalue weighted by atomic mass is 16.2. The molecule has 0 spiro atoms. The number of hydrogen-bond donors (Lipinski definition) is 5. The molecule has 0 saturated carbocycles. The molecule has 3 aromatic rings. The molecule has 9 heteroatoms. The van der Waals surface area contributed by atoms with Gasteiger partial charge in [0.05, 0.1) is 6.42 Å². The fourth-order valence-corrected chi connectivity index (χ4v) is 3.20. The predicted octanol–water partition coefficient (Wildman–Crippen LogP) is 2.11. The second-order valence-electron chi connectivity index (χ2n) is 6.70. The van der Waals surface area contributed by atoms with E-state index in [0.29, 0.717) is 28.2 Å². The molecule has 0 unspecified atom stereocenters. The van der Waals surface area contributed by atoms with E-state index in [-0.39, 0.29) is 29.6 Å². The molecule has 30 heavy (non-hydrogen) atoms. The number of amides is 4. The van der Waals surface area contributed by atoms with Gasteiger partial charge in [0.25, 0.3) is 17.7 Å². The molecule has 0 aliphatic carbocycles. The summed E-state index contributed by atoms with van der Waals surface area (Å²) in [6.07, 6.45) is 0.151. The monoisotopic (exact) mass is 403 g/mol. The molecule has 6 N–H and O–H groups in total. The number of hydrogen-bond acceptors (Lipinski definition) is 4. The molecule has 0 bridgehead atoms. The van der Waals surface area contributed by atoms with Gasteiger partial charge in [0, 0.05) is 22.6 Å². The van der Waals surface area contributed by atoms with Crippen molar-refractivity contribution in [2.75, 3.05) is 16.0 Å². The standard InChI is InChI=1S/C21H17N5O4/c22-19(28)16-7-8-17(25-16)21(30)24-12-4-1-3-11(9-12)23-20(29)13-5-2-6-15-14(13)10-18(27)26-15/h1-9,25H,10H2,(H2,22,28)(H,23,29)(H,24,30)(H,26,27). The molecule has 2 aromatic carbocycles. The molecule has 1 aliphatic heterocycles. The van der Waals surface area contributed by atoms with E-state index in [0.717, 1.165) is 0 Å². The average Bonchev–Trinajstić information content (AvgIpc) is 3.34. The van der Waals surface area contributed by atoms with Crippen LogP contribution in [-0.4, -0.2) is 28.6 Å². The largest absolute Gasteiger partial charge is 0.364 e. The number of aromatic amines is 1. The molecule has 1 aromatic heterocycles. The lowest BCUT2D eigenvalue weighted by atomic mass is 10.0. The van der Waals surface area contributed by atoms with Gasteiger partial charge in [-0.15, -0.1) is 0 Å². The summed E-state index contributed by atoms with van der Waals surface area (Å²) in [5.41, 5.74) is 8.09.